The molecule has 3 rings (SSSR count). The number of hydrogen-bond donors (Lipinski definition) is 3. The fourth-order valence-corrected chi connectivity index (χ4v) is 3.95. The van der Waals surface area contributed by atoms with Gasteiger partial charge in [-0.3, -0.25) is 4.79 Å². The third kappa shape index (κ3) is 4.32. The number of amides is 1. The first-order valence-corrected chi connectivity index (χ1v) is 9.86. The number of halogens is 2. The molecule has 27 heavy (non-hydrogen) atoms. The molecule has 0 aromatic heterocycles. The predicted octanol–water partition coefficient (Wildman–Crippen LogP) is 2.00. The molecule has 0 saturated heterocycles. The maximum absolute atomic E-state index is 13.5. The van der Waals surface area contributed by atoms with Gasteiger partial charge >= 0.3 is 0 Å². The van der Waals surface area contributed by atoms with E-state index in [9.17, 15) is 22.0 Å². The Kier molecular flexibility index (Phi) is 5.27. The van der Waals surface area contributed by atoms with Crippen molar-refractivity contribution in [1.29, 1.82) is 0 Å². The van der Waals surface area contributed by atoms with Gasteiger partial charge in [-0.25, -0.2) is 22.3 Å². The number of anilines is 1. The molecule has 2 unspecified atom stereocenters. The van der Waals surface area contributed by atoms with Crippen molar-refractivity contribution in [3.05, 3.63) is 59.2 Å². The van der Waals surface area contributed by atoms with Crippen LogP contribution in [0.1, 0.15) is 29.9 Å². The Morgan fingerprint density at radius 3 is 2.63 bits per heavy atom. The van der Waals surface area contributed by atoms with Crippen molar-refractivity contribution in [2.45, 2.75) is 36.1 Å². The van der Waals surface area contributed by atoms with Gasteiger partial charge in [-0.2, -0.15) is 0 Å². The number of fused-ring (bicyclic) bond motifs is 1. The van der Waals surface area contributed by atoms with Crippen LogP contribution in [0.25, 0.3) is 0 Å². The molecule has 0 spiro atoms. The Bertz CT molecular complexity index is 995. The van der Waals surface area contributed by atoms with E-state index in [4.69, 9.17) is 10.9 Å². The zero-order chi connectivity index (χ0) is 19.8. The predicted molar refractivity (Wildman–Crippen MR) is 96.5 cm³/mol. The molecule has 0 heterocycles. The second-order valence-corrected chi connectivity index (χ2v) is 8.16. The van der Waals surface area contributed by atoms with Gasteiger partial charge in [0.1, 0.15) is 0 Å². The number of aryl methyl sites for hydroxylation is 1. The number of carbonyl (C=O) groups excluding carboxylic acids is 1. The number of hydrogen-bond acceptors (Lipinski definition) is 4. The van der Waals surface area contributed by atoms with E-state index >= 15 is 0 Å². The largest absolute Gasteiger partial charge is 0.327 e. The van der Waals surface area contributed by atoms with Crippen LogP contribution >= 0.6 is 0 Å². The summed E-state index contributed by atoms with van der Waals surface area (Å²) in [7, 11) is -3.88. The molecule has 144 valence electrons. The molecule has 0 fully saturated rings. The second kappa shape index (κ2) is 7.34. The average Bonchev–Trinajstić information content (AvgIpc) is 2.97. The Morgan fingerprint density at radius 1 is 1.22 bits per heavy atom. The van der Waals surface area contributed by atoms with E-state index in [1.807, 2.05) is 0 Å². The highest BCUT2D eigenvalue weighted by Gasteiger charge is 2.30. The van der Waals surface area contributed by atoms with E-state index in [0.29, 0.717) is 24.0 Å². The van der Waals surface area contributed by atoms with Crippen LogP contribution in [0.3, 0.4) is 0 Å². The summed E-state index contributed by atoms with van der Waals surface area (Å²) in [5.41, 5.74) is 7.75. The van der Waals surface area contributed by atoms with E-state index < -0.39 is 33.6 Å². The molecule has 2 aromatic carbocycles. The lowest BCUT2D eigenvalue weighted by atomic mass is 9.91. The third-order valence-corrected chi connectivity index (χ3v) is 5.60. The Balaban J connectivity index is 1.69. The highest BCUT2D eigenvalue weighted by Crippen LogP contribution is 2.37. The average molecular weight is 395 g/mol. The van der Waals surface area contributed by atoms with Crippen molar-refractivity contribution in [2.75, 3.05) is 5.32 Å². The number of nitrogens with one attached hydrogen (secondary N) is 1. The quantitative estimate of drug-likeness (QED) is 0.718. The van der Waals surface area contributed by atoms with Gasteiger partial charge in [-0.05, 0) is 54.3 Å². The Labute approximate surface area is 155 Å². The SMILES string of the molecule is NC(CC(=O)Nc1cccc(S(N)(=O)=O)c1)C1CCc2cc(F)c(F)cc21. The molecular formula is C18H19F2N3O3S. The first-order valence-electron chi connectivity index (χ1n) is 8.31. The maximum Gasteiger partial charge on any atom is 0.238 e. The van der Waals surface area contributed by atoms with Crippen molar-refractivity contribution < 1.29 is 22.0 Å². The van der Waals surface area contributed by atoms with Crippen LogP contribution < -0.4 is 16.2 Å². The number of benzene rings is 2. The van der Waals surface area contributed by atoms with Crippen molar-refractivity contribution in [3.8, 4) is 0 Å². The molecule has 0 bridgehead atoms. The molecule has 0 saturated carbocycles. The zero-order valence-corrected chi connectivity index (χ0v) is 15.1. The molecule has 6 nitrogen and oxygen atoms in total. The number of carbonyl (C=O) groups is 1. The van der Waals surface area contributed by atoms with Gasteiger partial charge in [0, 0.05) is 24.1 Å². The summed E-state index contributed by atoms with van der Waals surface area (Å²) in [5, 5.41) is 7.65. The van der Waals surface area contributed by atoms with E-state index in [0.717, 1.165) is 6.07 Å². The molecule has 0 aliphatic heterocycles. The minimum Gasteiger partial charge on any atom is -0.327 e. The minimum atomic E-state index is -3.88. The number of nitrogens with two attached hydrogens (primary N) is 2. The zero-order valence-electron chi connectivity index (χ0n) is 14.3. The van der Waals surface area contributed by atoms with E-state index in [2.05, 4.69) is 5.32 Å². The molecule has 9 heteroatoms. The molecular weight excluding hydrogens is 376 g/mol. The first kappa shape index (κ1) is 19.4. The van der Waals surface area contributed by atoms with Crippen LogP contribution in [0, 0.1) is 11.6 Å². The second-order valence-electron chi connectivity index (χ2n) is 6.60. The normalized spacial score (nSPS) is 17.4. The van der Waals surface area contributed by atoms with Gasteiger partial charge in [0.15, 0.2) is 11.6 Å². The van der Waals surface area contributed by atoms with Crippen molar-refractivity contribution in [2.24, 2.45) is 10.9 Å². The molecule has 2 aromatic rings. The number of primary sulfonamides is 1. The molecule has 1 amide bonds. The van der Waals surface area contributed by atoms with Gasteiger partial charge in [-0.15, -0.1) is 0 Å². The van der Waals surface area contributed by atoms with E-state index in [1.165, 1.54) is 30.3 Å². The lowest BCUT2D eigenvalue weighted by molar-refractivity contribution is -0.116. The third-order valence-electron chi connectivity index (χ3n) is 4.69. The van der Waals surface area contributed by atoms with Gasteiger partial charge < -0.3 is 11.1 Å². The fourth-order valence-electron chi connectivity index (χ4n) is 3.40. The lowest BCUT2D eigenvalue weighted by Crippen LogP contribution is -2.32. The first-order chi connectivity index (χ1) is 12.6. The topological polar surface area (TPSA) is 115 Å². The Hall–Kier alpha value is -2.36. The van der Waals surface area contributed by atoms with Crippen LogP contribution in [-0.4, -0.2) is 20.4 Å². The smallest absolute Gasteiger partial charge is 0.238 e. The van der Waals surface area contributed by atoms with Crippen molar-refractivity contribution in [1.82, 2.24) is 0 Å². The summed E-state index contributed by atoms with van der Waals surface area (Å²) >= 11 is 0. The fraction of sp³-hybridized carbons (Fsp3) is 0.278. The summed E-state index contributed by atoms with van der Waals surface area (Å²) in [5.74, 6) is -2.49. The Morgan fingerprint density at radius 2 is 1.93 bits per heavy atom. The molecule has 1 aliphatic rings. The van der Waals surface area contributed by atoms with Gasteiger partial charge in [0.25, 0.3) is 0 Å². The van der Waals surface area contributed by atoms with E-state index in [-0.39, 0.29) is 22.9 Å². The maximum atomic E-state index is 13.5. The summed E-state index contributed by atoms with van der Waals surface area (Å²) in [6.07, 6.45) is 1.12. The summed E-state index contributed by atoms with van der Waals surface area (Å²) < 4.78 is 49.6. The highest BCUT2D eigenvalue weighted by molar-refractivity contribution is 7.89. The summed E-state index contributed by atoms with van der Waals surface area (Å²) in [6.45, 7) is 0. The van der Waals surface area contributed by atoms with Crippen molar-refractivity contribution in [3.63, 3.8) is 0 Å². The van der Waals surface area contributed by atoms with Crippen LogP contribution in [0.4, 0.5) is 14.5 Å². The van der Waals surface area contributed by atoms with Crippen LogP contribution in [-0.2, 0) is 21.2 Å². The van der Waals surface area contributed by atoms with Crippen LogP contribution in [0.2, 0.25) is 0 Å². The molecule has 2 atom stereocenters. The van der Waals surface area contributed by atoms with Gasteiger partial charge in [0.2, 0.25) is 15.9 Å². The summed E-state index contributed by atoms with van der Waals surface area (Å²) in [6, 6.07) is 7.30. The molecule has 0 radical (unpaired) electrons. The molecule has 5 N–H and O–H groups in total. The van der Waals surface area contributed by atoms with Gasteiger partial charge in [0.05, 0.1) is 4.90 Å². The standard InChI is InChI=1S/C18H19F2N3O3S/c19-15-6-10-4-5-13(14(10)8-16(15)20)17(21)9-18(24)23-11-2-1-3-12(7-11)27(22,25)26/h1-3,6-8,13,17H,4-5,9,21H2,(H,23,24)(H2,22,25,26). The van der Waals surface area contributed by atoms with Crippen LogP contribution in [0.5, 0.6) is 0 Å². The monoisotopic (exact) mass is 395 g/mol. The minimum absolute atomic E-state index is 0.0529. The van der Waals surface area contributed by atoms with Crippen LogP contribution in [0.15, 0.2) is 41.3 Å². The summed E-state index contributed by atoms with van der Waals surface area (Å²) in [4.78, 5) is 12.1. The lowest BCUT2D eigenvalue weighted by Gasteiger charge is -2.20. The van der Waals surface area contributed by atoms with E-state index in [1.54, 1.807) is 0 Å². The van der Waals surface area contributed by atoms with Crippen molar-refractivity contribution >= 4 is 21.6 Å². The number of sulfonamides is 1. The number of rotatable bonds is 5. The highest BCUT2D eigenvalue weighted by atomic mass is 32.2. The van der Waals surface area contributed by atoms with Gasteiger partial charge in [-0.1, -0.05) is 6.07 Å². The molecule has 1 aliphatic carbocycles.